The van der Waals surface area contributed by atoms with Gasteiger partial charge in [-0.3, -0.25) is 4.99 Å². The number of guanidine groups is 1. The maximum atomic E-state index is 12.9. The summed E-state index contributed by atoms with van der Waals surface area (Å²) in [5.74, 6) is 0.514. The number of aryl methyl sites for hydroxylation is 2. The van der Waals surface area contributed by atoms with E-state index in [9.17, 15) is 4.39 Å². The van der Waals surface area contributed by atoms with Crippen LogP contribution in [0.3, 0.4) is 0 Å². The summed E-state index contributed by atoms with van der Waals surface area (Å²) in [5.41, 5.74) is 2.21. The number of nitrogens with one attached hydrogen (secondary N) is 2. The molecule has 2 aromatic rings. The number of benzene rings is 1. The van der Waals surface area contributed by atoms with E-state index in [4.69, 9.17) is 0 Å². The molecule has 1 aromatic heterocycles. The third-order valence-corrected chi connectivity index (χ3v) is 4.57. The van der Waals surface area contributed by atoms with Gasteiger partial charge >= 0.3 is 0 Å². The first-order valence-electron chi connectivity index (χ1n) is 7.76. The van der Waals surface area contributed by atoms with E-state index in [0.29, 0.717) is 6.54 Å². The van der Waals surface area contributed by atoms with E-state index >= 15 is 0 Å². The second-order valence-electron chi connectivity index (χ2n) is 5.19. The van der Waals surface area contributed by atoms with Gasteiger partial charge in [-0.15, -0.1) is 35.3 Å². The zero-order valence-electron chi connectivity index (χ0n) is 14.2. The van der Waals surface area contributed by atoms with E-state index in [-0.39, 0.29) is 29.8 Å². The highest BCUT2D eigenvalue weighted by Gasteiger charge is 2.06. The molecule has 0 unspecified atom stereocenters. The predicted octanol–water partition coefficient (Wildman–Crippen LogP) is 3.68. The Kier molecular flexibility index (Phi) is 9.20. The van der Waals surface area contributed by atoms with Crippen molar-refractivity contribution >= 4 is 41.3 Å². The Morgan fingerprint density at radius 2 is 1.96 bits per heavy atom. The fourth-order valence-electron chi connectivity index (χ4n) is 2.22. The number of aliphatic imine (C=N–C) groups is 1. The number of hydrogen-bond donors (Lipinski definition) is 2. The van der Waals surface area contributed by atoms with E-state index in [1.165, 1.54) is 22.7 Å². The molecule has 0 aliphatic heterocycles. The molecular weight excluding hydrogens is 438 g/mol. The van der Waals surface area contributed by atoms with Crippen molar-refractivity contribution in [2.24, 2.45) is 4.99 Å². The van der Waals surface area contributed by atoms with Gasteiger partial charge in [0.15, 0.2) is 5.96 Å². The summed E-state index contributed by atoms with van der Waals surface area (Å²) in [4.78, 5) is 10.1. The van der Waals surface area contributed by atoms with Crippen molar-refractivity contribution in [3.63, 3.8) is 0 Å². The molecule has 1 aromatic carbocycles. The van der Waals surface area contributed by atoms with Gasteiger partial charge in [-0.25, -0.2) is 9.37 Å². The van der Waals surface area contributed by atoms with Gasteiger partial charge in [0.1, 0.15) is 5.82 Å². The monoisotopic (exact) mass is 462 g/mol. The zero-order valence-corrected chi connectivity index (χ0v) is 17.4. The Labute approximate surface area is 164 Å². The van der Waals surface area contributed by atoms with Gasteiger partial charge in [-0.2, -0.15) is 0 Å². The Bertz CT molecular complexity index is 655. The van der Waals surface area contributed by atoms with Crippen LogP contribution < -0.4 is 10.6 Å². The van der Waals surface area contributed by atoms with Crippen LogP contribution in [0.1, 0.15) is 28.1 Å². The van der Waals surface area contributed by atoms with Crippen LogP contribution in [0.25, 0.3) is 0 Å². The number of thiazole rings is 1. The van der Waals surface area contributed by atoms with Crippen LogP contribution in [0.15, 0.2) is 29.3 Å². The minimum absolute atomic E-state index is 0. The molecule has 0 aliphatic carbocycles. The first-order valence-corrected chi connectivity index (χ1v) is 8.58. The topological polar surface area (TPSA) is 49.3 Å². The summed E-state index contributed by atoms with van der Waals surface area (Å²) in [6.45, 7) is 5.64. The second kappa shape index (κ2) is 10.6. The summed E-state index contributed by atoms with van der Waals surface area (Å²) in [7, 11) is 1.74. The summed E-state index contributed by atoms with van der Waals surface area (Å²) >= 11 is 1.76. The minimum atomic E-state index is -0.221. The van der Waals surface area contributed by atoms with Crippen molar-refractivity contribution in [1.82, 2.24) is 15.6 Å². The molecule has 0 amide bonds. The van der Waals surface area contributed by atoms with Crippen LogP contribution in [0, 0.1) is 12.7 Å². The van der Waals surface area contributed by atoms with E-state index < -0.39 is 0 Å². The molecule has 24 heavy (non-hydrogen) atoms. The molecule has 0 saturated heterocycles. The van der Waals surface area contributed by atoms with Crippen molar-refractivity contribution in [3.8, 4) is 0 Å². The van der Waals surface area contributed by atoms with Crippen molar-refractivity contribution < 1.29 is 4.39 Å². The van der Waals surface area contributed by atoms with E-state index in [2.05, 4.69) is 34.5 Å². The average Bonchev–Trinajstić information content (AvgIpc) is 2.92. The highest BCUT2D eigenvalue weighted by Crippen LogP contribution is 2.17. The first-order chi connectivity index (χ1) is 11.1. The second-order valence-corrected chi connectivity index (χ2v) is 6.48. The summed E-state index contributed by atoms with van der Waals surface area (Å²) in [6.07, 6.45) is 1.86. The molecule has 0 aliphatic rings. The van der Waals surface area contributed by atoms with Gasteiger partial charge in [0, 0.05) is 31.4 Å². The van der Waals surface area contributed by atoms with Crippen LogP contribution in [0.5, 0.6) is 0 Å². The molecule has 0 fully saturated rings. The van der Waals surface area contributed by atoms with E-state index in [0.717, 1.165) is 35.9 Å². The lowest BCUT2D eigenvalue weighted by atomic mass is 10.2. The Hall–Kier alpha value is -1.22. The molecule has 1 heterocycles. The molecule has 4 nitrogen and oxygen atoms in total. The third-order valence-electron chi connectivity index (χ3n) is 3.50. The summed E-state index contributed by atoms with van der Waals surface area (Å²) in [5, 5.41) is 7.65. The van der Waals surface area contributed by atoms with Gasteiger partial charge in [0.25, 0.3) is 0 Å². The summed E-state index contributed by atoms with van der Waals surface area (Å²) in [6, 6.07) is 6.45. The van der Waals surface area contributed by atoms with Crippen LogP contribution in [-0.4, -0.2) is 24.5 Å². The summed E-state index contributed by atoms with van der Waals surface area (Å²) < 4.78 is 12.9. The molecule has 2 N–H and O–H groups in total. The smallest absolute Gasteiger partial charge is 0.191 e. The Morgan fingerprint density at radius 1 is 1.25 bits per heavy atom. The number of rotatable bonds is 6. The molecule has 0 radical (unpaired) electrons. The number of nitrogens with zero attached hydrogens (tertiary/aromatic N) is 2. The van der Waals surface area contributed by atoms with Crippen molar-refractivity contribution in [2.75, 3.05) is 13.6 Å². The van der Waals surface area contributed by atoms with E-state index in [1.807, 2.05) is 0 Å². The maximum Gasteiger partial charge on any atom is 0.191 e. The molecule has 0 saturated carbocycles. The van der Waals surface area contributed by atoms with Gasteiger partial charge in [0.2, 0.25) is 0 Å². The molecule has 132 valence electrons. The molecule has 7 heteroatoms. The van der Waals surface area contributed by atoms with Gasteiger partial charge in [-0.1, -0.05) is 19.1 Å². The normalized spacial score (nSPS) is 11.1. The molecule has 0 spiro atoms. The van der Waals surface area contributed by atoms with Crippen LogP contribution in [-0.2, 0) is 19.4 Å². The molecule has 2 rings (SSSR count). The van der Waals surface area contributed by atoms with Crippen LogP contribution >= 0.6 is 35.3 Å². The fraction of sp³-hybridized carbons (Fsp3) is 0.412. The van der Waals surface area contributed by atoms with Gasteiger partial charge in [0.05, 0.1) is 10.7 Å². The fourth-order valence-corrected chi connectivity index (χ4v) is 3.24. The van der Waals surface area contributed by atoms with Gasteiger partial charge in [-0.05, 0) is 31.0 Å². The van der Waals surface area contributed by atoms with E-state index in [1.54, 1.807) is 30.5 Å². The standard InChI is InChI=1S/C17H23FN4S.HI/c1-4-15-12(2)23-16(22-15)9-10-20-17(19-3)21-11-13-5-7-14(18)8-6-13;/h5-8H,4,9-11H2,1-3H3,(H2,19,20,21);1H. The average molecular weight is 462 g/mol. The SMILES string of the molecule is CCc1nc(CCNC(=NC)NCc2ccc(F)cc2)sc1C.I. The maximum absolute atomic E-state index is 12.9. The lowest BCUT2D eigenvalue weighted by Gasteiger charge is -2.11. The largest absolute Gasteiger partial charge is 0.356 e. The third kappa shape index (κ3) is 6.35. The zero-order chi connectivity index (χ0) is 16.7. The lowest BCUT2D eigenvalue weighted by molar-refractivity contribution is 0.626. The molecule has 0 bridgehead atoms. The Balaban J connectivity index is 0.00000288. The number of hydrogen-bond acceptors (Lipinski definition) is 3. The number of halogens is 2. The van der Waals surface area contributed by atoms with Crippen LogP contribution in [0.2, 0.25) is 0 Å². The van der Waals surface area contributed by atoms with Crippen LogP contribution in [0.4, 0.5) is 4.39 Å². The molecule has 0 atom stereocenters. The minimum Gasteiger partial charge on any atom is -0.356 e. The Morgan fingerprint density at radius 3 is 2.54 bits per heavy atom. The quantitative estimate of drug-likeness (QED) is 0.391. The highest BCUT2D eigenvalue weighted by atomic mass is 127. The first kappa shape index (κ1) is 20.8. The predicted molar refractivity (Wildman–Crippen MR) is 110 cm³/mol. The van der Waals surface area contributed by atoms with Crippen molar-refractivity contribution in [1.29, 1.82) is 0 Å². The molecular formula is C17H24FIN4S. The lowest BCUT2D eigenvalue weighted by Crippen LogP contribution is -2.37. The van der Waals surface area contributed by atoms with Gasteiger partial charge < -0.3 is 10.6 Å². The van der Waals surface area contributed by atoms with Crippen molar-refractivity contribution in [2.45, 2.75) is 33.2 Å². The van der Waals surface area contributed by atoms with Crippen molar-refractivity contribution in [3.05, 3.63) is 51.2 Å². The highest BCUT2D eigenvalue weighted by molar-refractivity contribution is 14.0. The number of aromatic nitrogens is 1.